The Morgan fingerprint density at radius 2 is 1.97 bits per heavy atom. The van der Waals surface area contributed by atoms with Crippen molar-refractivity contribution in [3.05, 3.63) is 52.9 Å². The van der Waals surface area contributed by atoms with Crippen molar-refractivity contribution in [3.63, 3.8) is 0 Å². The monoisotopic (exact) mass is 415 g/mol. The highest BCUT2D eigenvalue weighted by atomic mass is 35.5. The van der Waals surface area contributed by atoms with E-state index in [9.17, 15) is 4.79 Å². The van der Waals surface area contributed by atoms with Gasteiger partial charge in [-0.2, -0.15) is 5.10 Å². The molecule has 1 amide bonds. The Kier molecular flexibility index (Phi) is 6.96. The van der Waals surface area contributed by atoms with Gasteiger partial charge in [-0.05, 0) is 24.6 Å². The molecule has 152 valence electrons. The smallest absolute Gasteiger partial charge is 0.409 e. The number of rotatable bonds is 5. The van der Waals surface area contributed by atoms with Gasteiger partial charge >= 0.3 is 6.09 Å². The average molecular weight is 416 g/mol. The Balaban J connectivity index is 1.63. The summed E-state index contributed by atoms with van der Waals surface area (Å²) in [5.41, 5.74) is 7.29. The number of benzene rings is 1. The van der Waals surface area contributed by atoms with Crippen molar-refractivity contribution in [2.75, 3.05) is 37.7 Å². The van der Waals surface area contributed by atoms with Gasteiger partial charge in [-0.1, -0.05) is 23.7 Å². The number of hydrogen-bond acceptors (Lipinski definition) is 7. The van der Waals surface area contributed by atoms with Crippen LogP contribution in [0.1, 0.15) is 18.2 Å². The predicted molar refractivity (Wildman–Crippen MR) is 113 cm³/mol. The first-order valence-corrected chi connectivity index (χ1v) is 9.55. The van der Waals surface area contributed by atoms with Crippen LogP contribution in [0.3, 0.4) is 0 Å². The van der Waals surface area contributed by atoms with Crippen LogP contribution in [0.25, 0.3) is 0 Å². The van der Waals surface area contributed by atoms with Crippen molar-refractivity contribution in [2.45, 2.75) is 6.92 Å². The summed E-state index contributed by atoms with van der Waals surface area (Å²) in [6, 6.07) is 7.20. The summed E-state index contributed by atoms with van der Waals surface area (Å²) in [5.74, 6) is 0.834. The van der Waals surface area contributed by atoms with Gasteiger partial charge in [-0.15, -0.1) is 5.10 Å². The van der Waals surface area contributed by atoms with Crippen LogP contribution < -0.4 is 10.6 Å². The Labute approximate surface area is 173 Å². The molecule has 0 unspecified atom stereocenters. The van der Waals surface area contributed by atoms with Crippen molar-refractivity contribution >= 4 is 35.6 Å². The lowest BCUT2D eigenvalue weighted by molar-refractivity contribution is 0.105. The van der Waals surface area contributed by atoms with E-state index < -0.39 is 0 Å². The standard InChI is InChI=1S/C19H22ClN7O2/c1-2-29-19(28)27-9-7-26(8-10-27)17-13-22-12-16(24-17)18(21)25-23-11-14-3-5-15(20)6-4-14/h3-6,11-13H,2,7-10H2,1H3,(H2,21,25). The first kappa shape index (κ1) is 20.5. The maximum Gasteiger partial charge on any atom is 0.409 e. The largest absolute Gasteiger partial charge is 0.450 e. The lowest BCUT2D eigenvalue weighted by Gasteiger charge is -2.34. The normalized spacial score (nSPS) is 15.0. The number of carbonyl (C=O) groups excluding carboxylic acids is 1. The van der Waals surface area contributed by atoms with E-state index in [1.165, 1.54) is 6.20 Å². The van der Waals surface area contributed by atoms with Gasteiger partial charge in [0, 0.05) is 31.2 Å². The Morgan fingerprint density at radius 3 is 2.66 bits per heavy atom. The van der Waals surface area contributed by atoms with Crippen LogP contribution in [-0.4, -0.2) is 65.8 Å². The molecule has 1 aliphatic heterocycles. The zero-order valence-corrected chi connectivity index (χ0v) is 16.8. The fourth-order valence-electron chi connectivity index (χ4n) is 2.72. The fourth-order valence-corrected chi connectivity index (χ4v) is 2.85. The average Bonchev–Trinajstić information content (AvgIpc) is 2.75. The maximum absolute atomic E-state index is 11.8. The van der Waals surface area contributed by atoms with Crippen LogP contribution in [0.5, 0.6) is 0 Å². The molecule has 10 heteroatoms. The minimum absolute atomic E-state index is 0.162. The lowest BCUT2D eigenvalue weighted by atomic mass is 10.2. The predicted octanol–water partition coefficient (Wildman–Crippen LogP) is 2.15. The highest BCUT2D eigenvalue weighted by Gasteiger charge is 2.23. The molecule has 0 saturated carbocycles. The summed E-state index contributed by atoms with van der Waals surface area (Å²) < 4.78 is 5.04. The van der Waals surface area contributed by atoms with Crippen LogP contribution in [0.2, 0.25) is 5.02 Å². The number of anilines is 1. The summed E-state index contributed by atoms with van der Waals surface area (Å²) in [7, 11) is 0. The molecular formula is C19H22ClN7O2. The summed E-state index contributed by atoms with van der Waals surface area (Å²) in [6.07, 6.45) is 4.49. The van der Waals surface area contributed by atoms with Crippen molar-refractivity contribution < 1.29 is 9.53 Å². The molecule has 0 aliphatic carbocycles. The van der Waals surface area contributed by atoms with E-state index in [1.807, 2.05) is 17.0 Å². The van der Waals surface area contributed by atoms with E-state index in [2.05, 4.69) is 20.2 Å². The molecule has 1 aliphatic rings. The minimum atomic E-state index is -0.290. The number of aromatic nitrogens is 2. The van der Waals surface area contributed by atoms with E-state index in [-0.39, 0.29) is 11.9 Å². The van der Waals surface area contributed by atoms with E-state index in [0.29, 0.717) is 49.3 Å². The third-order valence-corrected chi connectivity index (χ3v) is 4.51. The molecular weight excluding hydrogens is 394 g/mol. The molecule has 9 nitrogen and oxygen atoms in total. The zero-order chi connectivity index (χ0) is 20.6. The second-order valence-electron chi connectivity index (χ2n) is 6.22. The summed E-state index contributed by atoms with van der Waals surface area (Å²) >= 11 is 5.86. The summed E-state index contributed by atoms with van der Waals surface area (Å²) in [4.78, 5) is 24.3. The van der Waals surface area contributed by atoms with Gasteiger partial charge < -0.3 is 20.3 Å². The Morgan fingerprint density at radius 1 is 1.24 bits per heavy atom. The molecule has 1 aromatic heterocycles. The lowest BCUT2D eigenvalue weighted by Crippen LogP contribution is -2.49. The topological polar surface area (TPSA) is 109 Å². The van der Waals surface area contributed by atoms with Crippen LogP contribution in [0.4, 0.5) is 10.6 Å². The zero-order valence-electron chi connectivity index (χ0n) is 16.0. The molecule has 0 radical (unpaired) electrons. The van der Waals surface area contributed by atoms with Crippen LogP contribution in [0, 0.1) is 0 Å². The van der Waals surface area contributed by atoms with E-state index in [4.69, 9.17) is 22.1 Å². The van der Waals surface area contributed by atoms with Gasteiger partial charge in [0.2, 0.25) is 0 Å². The fraction of sp³-hybridized carbons (Fsp3) is 0.316. The van der Waals surface area contributed by atoms with Gasteiger partial charge in [0.1, 0.15) is 11.5 Å². The molecule has 1 aromatic carbocycles. The maximum atomic E-state index is 11.8. The van der Waals surface area contributed by atoms with Gasteiger partial charge in [0.15, 0.2) is 5.84 Å². The third-order valence-electron chi connectivity index (χ3n) is 4.26. The molecule has 2 N–H and O–H groups in total. The molecule has 3 rings (SSSR count). The Hall–Kier alpha value is -3.20. The molecule has 1 saturated heterocycles. The molecule has 0 atom stereocenters. The SMILES string of the molecule is CCOC(=O)N1CCN(c2cncc(C(N)=NN=Cc3ccc(Cl)cc3)n2)CC1. The summed E-state index contributed by atoms with van der Waals surface area (Å²) in [6.45, 7) is 4.53. The van der Waals surface area contributed by atoms with E-state index >= 15 is 0 Å². The van der Waals surface area contributed by atoms with Crippen molar-refractivity contribution in [1.29, 1.82) is 0 Å². The van der Waals surface area contributed by atoms with Crippen LogP contribution in [-0.2, 0) is 4.74 Å². The second kappa shape index (κ2) is 9.83. The first-order chi connectivity index (χ1) is 14.1. The molecule has 29 heavy (non-hydrogen) atoms. The number of hydrogen-bond donors (Lipinski definition) is 1. The molecule has 0 bridgehead atoms. The number of ether oxygens (including phenoxy) is 1. The van der Waals surface area contributed by atoms with Crippen molar-refractivity contribution in [3.8, 4) is 0 Å². The quantitative estimate of drug-likeness (QED) is 0.455. The van der Waals surface area contributed by atoms with Crippen molar-refractivity contribution in [2.24, 2.45) is 15.9 Å². The first-order valence-electron chi connectivity index (χ1n) is 9.18. The van der Waals surface area contributed by atoms with Crippen LogP contribution >= 0.6 is 11.6 Å². The van der Waals surface area contributed by atoms with E-state index in [0.717, 1.165) is 5.56 Å². The molecule has 2 aromatic rings. The molecule has 2 heterocycles. The minimum Gasteiger partial charge on any atom is -0.450 e. The summed E-state index contributed by atoms with van der Waals surface area (Å²) in [5, 5.41) is 8.64. The Bertz CT molecular complexity index is 894. The molecule has 1 fully saturated rings. The number of amides is 1. The number of piperazine rings is 1. The number of halogens is 1. The third kappa shape index (κ3) is 5.64. The number of nitrogens with two attached hydrogens (primary N) is 1. The number of amidine groups is 1. The number of carbonyl (C=O) groups is 1. The van der Waals surface area contributed by atoms with Gasteiger partial charge in [-0.25, -0.2) is 9.78 Å². The van der Waals surface area contributed by atoms with Crippen LogP contribution in [0.15, 0.2) is 46.9 Å². The van der Waals surface area contributed by atoms with Gasteiger partial charge in [-0.3, -0.25) is 4.98 Å². The molecule has 0 spiro atoms. The van der Waals surface area contributed by atoms with Gasteiger partial charge in [0.25, 0.3) is 0 Å². The highest BCUT2D eigenvalue weighted by molar-refractivity contribution is 6.30. The second-order valence-corrected chi connectivity index (χ2v) is 6.65. The van der Waals surface area contributed by atoms with Gasteiger partial charge in [0.05, 0.1) is 25.2 Å². The number of nitrogens with zero attached hydrogens (tertiary/aromatic N) is 6. The van der Waals surface area contributed by atoms with E-state index in [1.54, 1.807) is 36.4 Å². The highest BCUT2D eigenvalue weighted by Crippen LogP contribution is 2.14. The van der Waals surface area contributed by atoms with Crippen molar-refractivity contribution in [1.82, 2.24) is 14.9 Å².